The summed E-state index contributed by atoms with van der Waals surface area (Å²) in [5.41, 5.74) is 5.65. The Morgan fingerprint density at radius 2 is 1.89 bits per heavy atom. The van der Waals surface area contributed by atoms with Crippen LogP contribution in [0.4, 0.5) is 4.79 Å². The summed E-state index contributed by atoms with van der Waals surface area (Å²) < 4.78 is 17.1. The van der Waals surface area contributed by atoms with Crippen molar-refractivity contribution in [3.8, 4) is 0 Å². The number of amides is 2. The van der Waals surface area contributed by atoms with Crippen LogP contribution in [-0.4, -0.2) is 98.6 Å². The number of carbonyl (C=O) groups excluding carboxylic acids is 2. The molecule has 4 aliphatic heterocycles. The summed E-state index contributed by atoms with van der Waals surface area (Å²) in [6, 6.07) is 9.17. The van der Waals surface area contributed by atoms with Crippen molar-refractivity contribution in [3.05, 3.63) is 47.2 Å². The third kappa shape index (κ3) is 5.97. The molecule has 2 atom stereocenters. The van der Waals surface area contributed by atoms with Crippen LogP contribution >= 0.6 is 0 Å². The van der Waals surface area contributed by atoms with Crippen molar-refractivity contribution < 1.29 is 23.8 Å². The van der Waals surface area contributed by atoms with E-state index in [0.29, 0.717) is 38.3 Å². The summed E-state index contributed by atoms with van der Waals surface area (Å²) in [6.45, 7) is 5.54. The molecule has 5 rings (SSSR count). The van der Waals surface area contributed by atoms with Crippen LogP contribution in [0.1, 0.15) is 42.5 Å². The number of carbonyl (C=O) groups is 2. The van der Waals surface area contributed by atoms with E-state index < -0.39 is 18.5 Å². The van der Waals surface area contributed by atoms with Crippen molar-refractivity contribution >= 4 is 12.0 Å². The first kappa shape index (κ1) is 26.1. The van der Waals surface area contributed by atoms with Gasteiger partial charge in [0.2, 0.25) is 0 Å². The van der Waals surface area contributed by atoms with Crippen molar-refractivity contribution in [1.29, 1.82) is 0 Å². The van der Waals surface area contributed by atoms with Gasteiger partial charge in [0, 0.05) is 49.9 Å². The van der Waals surface area contributed by atoms with E-state index in [1.54, 1.807) is 17.3 Å². The fourth-order valence-electron chi connectivity index (χ4n) is 5.46. The second-order valence-electron chi connectivity index (χ2n) is 9.79. The number of hydrogen-bond acceptors (Lipinski definition) is 9. The SMILES string of the molecule is COC(=O)N1C2=C(C(OCCN3CCCC3)NCC2)C(NC(=O)c2ccccc2)N1NC1CCOCC1. The number of benzene rings is 1. The summed E-state index contributed by atoms with van der Waals surface area (Å²) in [6.07, 6.45) is 3.04. The molecule has 37 heavy (non-hydrogen) atoms. The molecule has 0 bridgehead atoms. The summed E-state index contributed by atoms with van der Waals surface area (Å²) >= 11 is 0. The molecule has 0 radical (unpaired) electrons. The summed E-state index contributed by atoms with van der Waals surface area (Å²) in [4.78, 5) is 28.8. The molecule has 0 aromatic heterocycles. The maximum absolute atomic E-state index is 13.3. The molecule has 1 aromatic carbocycles. The number of methoxy groups -OCH3 is 1. The van der Waals surface area contributed by atoms with Crippen LogP contribution in [0.3, 0.4) is 0 Å². The van der Waals surface area contributed by atoms with E-state index in [1.165, 1.54) is 25.0 Å². The zero-order valence-electron chi connectivity index (χ0n) is 21.5. The Kier molecular flexibility index (Phi) is 8.70. The van der Waals surface area contributed by atoms with Gasteiger partial charge < -0.3 is 24.4 Å². The molecule has 1 aromatic rings. The normalized spacial score (nSPS) is 25.4. The molecule has 4 aliphatic rings. The molecule has 0 aliphatic carbocycles. The van der Waals surface area contributed by atoms with Crippen LogP contribution < -0.4 is 16.1 Å². The van der Waals surface area contributed by atoms with E-state index in [-0.39, 0.29) is 11.9 Å². The lowest BCUT2D eigenvalue weighted by molar-refractivity contribution is -0.0678. The van der Waals surface area contributed by atoms with Crippen LogP contribution in [0.15, 0.2) is 41.6 Å². The van der Waals surface area contributed by atoms with Crippen molar-refractivity contribution in [3.63, 3.8) is 0 Å². The average molecular weight is 515 g/mol. The number of ether oxygens (including phenoxy) is 3. The maximum atomic E-state index is 13.3. The minimum atomic E-state index is -0.644. The molecular weight excluding hydrogens is 476 g/mol. The number of hydrazine groups is 2. The first-order valence-corrected chi connectivity index (χ1v) is 13.3. The summed E-state index contributed by atoms with van der Waals surface area (Å²) in [5, 5.41) is 9.86. The number of nitrogens with zero attached hydrogens (tertiary/aromatic N) is 3. The van der Waals surface area contributed by atoms with Gasteiger partial charge in [0.1, 0.15) is 12.4 Å². The van der Waals surface area contributed by atoms with Crippen LogP contribution in [0.25, 0.3) is 0 Å². The van der Waals surface area contributed by atoms with Crippen LogP contribution in [0, 0.1) is 0 Å². The Hall–Kier alpha value is -2.54. The van der Waals surface area contributed by atoms with Gasteiger partial charge in [0.05, 0.1) is 19.4 Å². The van der Waals surface area contributed by atoms with Gasteiger partial charge in [-0.1, -0.05) is 18.2 Å². The van der Waals surface area contributed by atoms with Gasteiger partial charge in [0.25, 0.3) is 5.91 Å². The van der Waals surface area contributed by atoms with E-state index in [1.807, 2.05) is 18.2 Å². The average Bonchev–Trinajstić information content (AvgIpc) is 3.56. The topological polar surface area (TPSA) is 108 Å². The molecule has 0 spiro atoms. The summed E-state index contributed by atoms with van der Waals surface area (Å²) in [5.74, 6) is -0.232. The summed E-state index contributed by atoms with van der Waals surface area (Å²) in [7, 11) is 1.37. The highest BCUT2D eigenvalue weighted by Gasteiger charge is 2.48. The lowest BCUT2D eigenvalue weighted by Gasteiger charge is -2.37. The second-order valence-corrected chi connectivity index (χ2v) is 9.79. The highest BCUT2D eigenvalue weighted by molar-refractivity contribution is 5.94. The van der Waals surface area contributed by atoms with E-state index >= 15 is 0 Å². The standard InChI is InChI=1S/C26H38N6O5/c1-35-26(34)31-21-9-12-27-25(37-18-15-30-13-5-6-14-30)22(21)23(28-24(33)19-7-3-2-4-8-19)32(31)29-20-10-16-36-17-11-20/h2-4,7-8,20,23,25,27,29H,5-6,9-18H2,1H3,(H,28,33). The predicted molar refractivity (Wildman–Crippen MR) is 136 cm³/mol. The highest BCUT2D eigenvalue weighted by atomic mass is 16.6. The van der Waals surface area contributed by atoms with Gasteiger partial charge in [-0.3, -0.25) is 10.1 Å². The van der Waals surface area contributed by atoms with E-state index in [4.69, 9.17) is 14.2 Å². The van der Waals surface area contributed by atoms with Crippen molar-refractivity contribution in [2.24, 2.45) is 0 Å². The fourth-order valence-corrected chi connectivity index (χ4v) is 5.46. The molecule has 2 fully saturated rings. The number of likely N-dealkylation sites (tertiary alicyclic amines) is 1. The smallest absolute Gasteiger partial charge is 0.429 e. The van der Waals surface area contributed by atoms with Crippen molar-refractivity contribution in [2.75, 3.05) is 53.1 Å². The van der Waals surface area contributed by atoms with Crippen molar-refractivity contribution in [2.45, 2.75) is 50.5 Å². The number of nitrogens with one attached hydrogen (secondary N) is 3. The molecule has 2 saturated heterocycles. The molecule has 11 nitrogen and oxygen atoms in total. The first-order valence-electron chi connectivity index (χ1n) is 13.3. The van der Waals surface area contributed by atoms with Crippen LogP contribution in [0.2, 0.25) is 0 Å². The molecule has 2 amide bonds. The van der Waals surface area contributed by atoms with Gasteiger partial charge in [-0.2, -0.15) is 5.01 Å². The van der Waals surface area contributed by atoms with Gasteiger partial charge >= 0.3 is 6.09 Å². The maximum Gasteiger partial charge on any atom is 0.429 e. The van der Waals surface area contributed by atoms with Crippen LogP contribution in [-0.2, 0) is 14.2 Å². The minimum Gasteiger partial charge on any atom is -0.452 e. The third-order valence-electron chi connectivity index (χ3n) is 7.40. The van der Waals surface area contributed by atoms with Crippen molar-refractivity contribution in [1.82, 2.24) is 31.1 Å². The van der Waals surface area contributed by atoms with Gasteiger partial charge in [0.15, 0.2) is 0 Å². The van der Waals surface area contributed by atoms with E-state index in [2.05, 4.69) is 21.0 Å². The molecule has 0 saturated carbocycles. The Labute approximate surface area is 218 Å². The first-order chi connectivity index (χ1) is 18.2. The Bertz CT molecular complexity index is 963. The zero-order valence-corrected chi connectivity index (χ0v) is 21.5. The minimum absolute atomic E-state index is 0.0841. The second kappa shape index (κ2) is 12.3. The Morgan fingerprint density at radius 1 is 1.14 bits per heavy atom. The Balaban J connectivity index is 1.42. The predicted octanol–water partition coefficient (Wildman–Crippen LogP) is 1.41. The number of hydrogen-bond donors (Lipinski definition) is 3. The fraction of sp³-hybridized carbons (Fsp3) is 0.615. The highest BCUT2D eigenvalue weighted by Crippen LogP contribution is 2.35. The lowest BCUT2D eigenvalue weighted by Crippen LogP contribution is -2.62. The van der Waals surface area contributed by atoms with Gasteiger partial charge in [-0.05, 0) is 50.9 Å². The Morgan fingerprint density at radius 3 is 2.62 bits per heavy atom. The zero-order chi connectivity index (χ0) is 25.6. The van der Waals surface area contributed by atoms with E-state index in [0.717, 1.165) is 43.7 Å². The van der Waals surface area contributed by atoms with Crippen LogP contribution in [0.5, 0.6) is 0 Å². The third-order valence-corrected chi connectivity index (χ3v) is 7.40. The quantitative estimate of drug-likeness (QED) is 0.475. The number of rotatable bonds is 8. The molecule has 202 valence electrons. The molecule has 11 heteroatoms. The molecule has 3 N–H and O–H groups in total. The van der Waals surface area contributed by atoms with Gasteiger partial charge in [-0.15, -0.1) is 5.12 Å². The van der Waals surface area contributed by atoms with E-state index in [9.17, 15) is 9.59 Å². The molecular formula is C26H38N6O5. The molecule has 2 unspecified atom stereocenters. The largest absolute Gasteiger partial charge is 0.452 e. The molecule has 4 heterocycles. The van der Waals surface area contributed by atoms with Gasteiger partial charge in [-0.25, -0.2) is 10.2 Å². The lowest BCUT2D eigenvalue weighted by atomic mass is 10.0. The monoisotopic (exact) mass is 514 g/mol.